The van der Waals surface area contributed by atoms with Crippen molar-refractivity contribution in [3.63, 3.8) is 0 Å². The SMILES string of the molecule is O=C(COc1ccccc1C1c2sc(=O)[nH]c2SC2C3CCC(C3)C12)Nc1ccc(Cl)cc1. The van der Waals surface area contributed by atoms with Gasteiger partial charge in [0, 0.05) is 32.3 Å². The first-order chi connectivity index (χ1) is 16.1. The van der Waals surface area contributed by atoms with Crippen LogP contribution in [-0.4, -0.2) is 22.7 Å². The number of ether oxygens (including phenoxy) is 1. The summed E-state index contributed by atoms with van der Waals surface area (Å²) in [4.78, 5) is 29.0. The van der Waals surface area contributed by atoms with Gasteiger partial charge in [0.2, 0.25) is 0 Å². The van der Waals surface area contributed by atoms with E-state index in [0.717, 1.165) is 21.4 Å². The molecular formula is C25H23ClN2O3S2. The van der Waals surface area contributed by atoms with Gasteiger partial charge in [0.05, 0.1) is 5.03 Å². The van der Waals surface area contributed by atoms with E-state index in [2.05, 4.69) is 16.4 Å². The van der Waals surface area contributed by atoms with Crippen LogP contribution in [0.15, 0.2) is 58.4 Å². The average Bonchev–Trinajstić information content (AvgIpc) is 3.52. The Bertz CT molecular complexity index is 1260. The largest absolute Gasteiger partial charge is 0.483 e. The number of benzene rings is 2. The second-order valence-corrected chi connectivity index (χ2v) is 11.7. The van der Waals surface area contributed by atoms with Crippen molar-refractivity contribution in [2.45, 2.75) is 35.5 Å². The first kappa shape index (κ1) is 21.3. The van der Waals surface area contributed by atoms with Crippen molar-refractivity contribution in [3.8, 4) is 5.75 Å². The van der Waals surface area contributed by atoms with E-state index in [9.17, 15) is 9.59 Å². The van der Waals surface area contributed by atoms with E-state index in [-0.39, 0.29) is 23.3 Å². The molecule has 2 N–H and O–H groups in total. The zero-order valence-electron chi connectivity index (χ0n) is 17.8. The van der Waals surface area contributed by atoms with Crippen molar-refractivity contribution in [3.05, 3.63) is 73.7 Å². The molecule has 5 nitrogen and oxygen atoms in total. The molecule has 0 radical (unpaired) electrons. The van der Waals surface area contributed by atoms with Crippen LogP contribution < -0.4 is 14.9 Å². The van der Waals surface area contributed by atoms with Crippen LogP contribution in [0.3, 0.4) is 0 Å². The van der Waals surface area contributed by atoms with Crippen molar-refractivity contribution in [1.82, 2.24) is 4.98 Å². The second-order valence-electron chi connectivity index (χ2n) is 9.06. The number of aromatic nitrogens is 1. The monoisotopic (exact) mass is 498 g/mol. The lowest BCUT2D eigenvalue weighted by Crippen LogP contribution is -2.34. The molecule has 3 aromatic rings. The fourth-order valence-corrected chi connectivity index (χ4v) is 8.95. The van der Waals surface area contributed by atoms with Crippen LogP contribution in [-0.2, 0) is 4.79 Å². The van der Waals surface area contributed by atoms with Crippen molar-refractivity contribution >= 4 is 46.3 Å². The van der Waals surface area contributed by atoms with Crippen LogP contribution in [0.25, 0.3) is 0 Å². The van der Waals surface area contributed by atoms with E-state index >= 15 is 0 Å². The summed E-state index contributed by atoms with van der Waals surface area (Å²) in [7, 11) is 0. The van der Waals surface area contributed by atoms with Gasteiger partial charge in [0.1, 0.15) is 5.75 Å². The molecule has 1 aromatic heterocycles. The molecule has 2 heterocycles. The molecule has 0 spiro atoms. The number of hydrogen-bond acceptors (Lipinski definition) is 5. The number of thiazole rings is 1. The number of H-pyrrole nitrogens is 1. The number of para-hydroxylation sites is 1. The van der Waals surface area contributed by atoms with Crippen molar-refractivity contribution < 1.29 is 9.53 Å². The Morgan fingerprint density at radius 2 is 1.91 bits per heavy atom. The average molecular weight is 499 g/mol. The van der Waals surface area contributed by atoms with Gasteiger partial charge >= 0.3 is 4.87 Å². The molecule has 5 unspecified atom stereocenters. The summed E-state index contributed by atoms with van der Waals surface area (Å²) in [5.74, 6) is 2.53. The standard InChI is InChI=1S/C25H23ClN2O3S2/c26-15-7-9-16(10-8-15)27-19(29)12-31-18-4-2-1-3-17(18)21-20-13-5-6-14(11-13)22(20)32-24-23(21)33-25(30)28-24/h1-4,7-10,13-14,20-22H,5-6,11-12H2,(H,27,29)(H,28,30). The van der Waals surface area contributed by atoms with Gasteiger partial charge < -0.3 is 15.0 Å². The molecule has 3 aliphatic rings. The number of carbonyl (C=O) groups is 1. The molecule has 0 saturated heterocycles. The van der Waals surface area contributed by atoms with Crippen LogP contribution in [0.2, 0.25) is 5.02 Å². The number of halogens is 1. The lowest BCUT2D eigenvalue weighted by molar-refractivity contribution is -0.118. The number of anilines is 1. The molecule has 6 rings (SSSR count). The maximum atomic E-state index is 12.5. The van der Waals surface area contributed by atoms with E-state index in [1.54, 1.807) is 24.3 Å². The van der Waals surface area contributed by atoms with E-state index in [0.29, 0.717) is 33.5 Å². The van der Waals surface area contributed by atoms with Gasteiger partial charge in [-0.25, -0.2) is 0 Å². The molecule has 33 heavy (non-hydrogen) atoms. The molecule has 1 aliphatic heterocycles. The summed E-state index contributed by atoms with van der Waals surface area (Å²) in [6.07, 6.45) is 3.84. The van der Waals surface area contributed by atoms with Crippen LogP contribution in [0.4, 0.5) is 5.69 Å². The number of hydrogen-bond donors (Lipinski definition) is 2. The van der Waals surface area contributed by atoms with Crippen LogP contribution in [0.1, 0.15) is 35.6 Å². The predicted molar refractivity (Wildman–Crippen MR) is 133 cm³/mol. The Balaban J connectivity index is 1.28. The van der Waals surface area contributed by atoms with E-state index in [1.807, 2.05) is 30.0 Å². The maximum absolute atomic E-state index is 12.5. The zero-order valence-corrected chi connectivity index (χ0v) is 20.1. The first-order valence-electron chi connectivity index (χ1n) is 11.2. The highest BCUT2D eigenvalue weighted by molar-refractivity contribution is 8.00. The molecule has 2 fully saturated rings. The second kappa shape index (κ2) is 8.53. The highest BCUT2D eigenvalue weighted by Gasteiger charge is 2.55. The zero-order chi connectivity index (χ0) is 22.5. The molecule has 2 bridgehead atoms. The Hall–Kier alpha value is -2.22. The van der Waals surface area contributed by atoms with Gasteiger partial charge in [-0.15, -0.1) is 11.8 Å². The molecule has 1 amide bonds. The number of rotatable bonds is 5. The minimum atomic E-state index is -0.226. The summed E-state index contributed by atoms with van der Waals surface area (Å²) in [5.41, 5.74) is 1.76. The summed E-state index contributed by atoms with van der Waals surface area (Å²) in [5, 5.41) is 5.03. The lowest BCUT2D eigenvalue weighted by atomic mass is 9.74. The van der Waals surface area contributed by atoms with Gasteiger partial charge in [-0.05, 0) is 67.3 Å². The minimum Gasteiger partial charge on any atom is -0.483 e. The third-order valence-corrected chi connectivity index (χ3v) is 10.1. The minimum absolute atomic E-state index is 0.00515. The fourth-order valence-electron chi connectivity index (χ4n) is 5.94. The van der Waals surface area contributed by atoms with Gasteiger partial charge in [-0.2, -0.15) is 0 Å². The Morgan fingerprint density at radius 3 is 2.76 bits per heavy atom. The summed E-state index contributed by atoms with van der Waals surface area (Å²) < 4.78 is 6.07. The summed E-state index contributed by atoms with van der Waals surface area (Å²) in [6.45, 7) is -0.0858. The number of carbonyl (C=O) groups excluding carboxylic acids is 1. The maximum Gasteiger partial charge on any atom is 0.305 e. The van der Waals surface area contributed by atoms with Crippen LogP contribution >= 0.6 is 34.7 Å². The van der Waals surface area contributed by atoms with Gasteiger partial charge in [0.15, 0.2) is 6.61 Å². The summed E-state index contributed by atoms with van der Waals surface area (Å²) >= 11 is 9.12. The highest BCUT2D eigenvalue weighted by atomic mass is 35.5. The normalized spacial score (nSPS) is 27.1. The first-order valence-corrected chi connectivity index (χ1v) is 13.3. The lowest BCUT2D eigenvalue weighted by Gasteiger charge is -2.40. The third kappa shape index (κ3) is 3.90. The van der Waals surface area contributed by atoms with Crippen molar-refractivity contribution in [2.75, 3.05) is 11.9 Å². The fraction of sp³-hybridized carbons (Fsp3) is 0.360. The van der Waals surface area contributed by atoms with Crippen LogP contribution in [0, 0.1) is 17.8 Å². The molecule has 170 valence electrons. The number of fused-ring (bicyclic) bond motifs is 6. The van der Waals surface area contributed by atoms with Gasteiger partial charge in [0.25, 0.3) is 5.91 Å². The molecular weight excluding hydrogens is 476 g/mol. The molecule has 2 aromatic carbocycles. The molecule has 2 saturated carbocycles. The molecule has 5 atom stereocenters. The number of aromatic amines is 1. The Kier molecular flexibility index (Phi) is 5.51. The van der Waals surface area contributed by atoms with Crippen molar-refractivity contribution in [2.24, 2.45) is 17.8 Å². The molecule has 8 heteroatoms. The van der Waals surface area contributed by atoms with E-state index < -0.39 is 0 Å². The predicted octanol–water partition coefficient (Wildman–Crippen LogP) is 5.76. The quantitative estimate of drug-likeness (QED) is 0.469. The smallest absolute Gasteiger partial charge is 0.305 e. The number of nitrogens with one attached hydrogen (secondary N) is 2. The van der Waals surface area contributed by atoms with Gasteiger partial charge in [-0.1, -0.05) is 41.1 Å². The Morgan fingerprint density at radius 1 is 1.12 bits per heavy atom. The van der Waals surface area contributed by atoms with Crippen LogP contribution in [0.5, 0.6) is 5.75 Å². The van der Waals surface area contributed by atoms with E-state index in [1.165, 1.54) is 30.6 Å². The highest BCUT2D eigenvalue weighted by Crippen LogP contribution is 2.64. The number of amides is 1. The number of thioether (sulfide) groups is 1. The van der Waals surface area contributed by atoms with E-state index in [4.69, 9.17) is 16.3 Å². The topological polar surface area (TPSA) is 71.2 Å². The Labute approximate surface area is 204 Å². The van der Waals surface area contributed by atoms with Gasteiger partial charge in [-0.3, -0.25) is 9.59 Å². The third-order valence-electron chi connectivity index (χ3n) is 7.21. The van der Waals surface area contributed by atoms with Crippen molar-refractivity contribution in [1.29, 1.82) is 0 Å². The summed E-state index contributed by atoms with van der Waals surface area (Å²) in [6, 6.07) is 15.0. The molecule has 2 aliphatic carbocycles.